The summed E-state index contributed by atoms with van der Waals surface area (Å²) in [5, 5.41) is 2.55. The number of carbonyl (C=O) groups excluding carboxylic acids is 2. The van der Waals surface area contributed by atoms with Gasteiger partial charge in [-0.3, -0.25) is 15.0 Å². The summed E-state index contributed by atoms with van der Waals surface area (Å²) in [4.78, 5) is 24.7. The molecule has 0 unspecified atom stereocenters. The van der Waals surface area contributed by atoms with Crippen molar-refractivity contribution in [2.24, 2.45) is 5.84 Å². The summed E-state index contributed by atoms with van der Waals surface area (Å²) in [6, 6.07) is 12.0. The molecule has 2 amide bonds. The second-order valence-corrected chi connectivity index (χ2v) is 5.31. The number of rotatable bonds is 7. The van der Waals surface area contributed by atoms with Crippen LogP contribution in [-0.2, 0) is 4.79 Å². The Morgan fingerprint density at radius 2 is 1.56 bits per heavy atom. The molecule has 2 aromatic rings. The highest BCUT2D eigenvalue weighted by molar-refractivity contribution is 6.05. The highest BCUT2D eigenvalue weighted by Gasteiger charge is 2.19. The zero-order valence-corrected chi connectivity index (χ0v) is 15.2. The first-order valence-electron chi connectivity index (χ1n) is 7.93. The van der Waals surface area contributed by atoms with Gasteiger partial charge in [0.15, 0.2) is 11.5 Å². The molecule has 0 heterocycles. The van der Waals surface area contributed by atoms with E-state index in [4.69, 9.17) is 20.1 Å². The van der Waals surface area contributed by atoms with E-state index in [0.717, 1.165) is 5.56 Å². The average molecular weight is 371 g/mol. The van der Waals surface area contributed by atoms with E-state index in [1.807, 2.05) is 23.6 Å². The van der Waals surface area contributed by atoms with Crippen LogP contribution in [0.2, 0.25) is 0 Å². The molecule has 0 radical (unpaired) electrons. The highest BCUT2D eigenvalue weighted by Crippen LogP contribution is 2.38. The summed E-state index contributed by atoms with van der Waals surface area (Å²) >= 11 is 0. The molecule has 0 aliphatic heterocycles. The number of ether oxygens (including phenoxy) is 3. The summed E-state index contributed by atoms with van der Waals surface area (Å²) < 4.78 is 15.7. The van der Waals surface area contributed by atoms with Crippen molar-refractivity contribution >= 4 is 17.9 Å². The lowest BCUT2D eigenvalue weighted by molar-refractivity contribution is -0.117. The van der Waals surface area contributed by atoms with E-state index in [2.05, 4.69) is 5.32 Å². The van der Waals surface area contributed by atoms with Gasteiger partial charge in [0.2, 0.25) is 5.75 Å². The van der Waals surface area contributed by atoms with Crippen molar-refractivity contribution in [2.75, 3.05) is 21.3 Å². The second-order valence-electron chi connectivity index (χ2n) is 5.31. The monoisotopic (exact) mass is 371 g/mol. The molecule has 8 nitrogen and oxygen atoms in total. The molecule has 0 bridgehead atoms. The molecule has 0 aliphatic rings. The fourth-order valence-corrected chi connectivity index (χ4v) is 2.36. The fraction of sp³-hybridized carbons (Fsp3) is 0.158. The Hall–Kier alpha value is -3.52. The van der Waals surface area contributed by atoms with Crippen LogP contribution >= 0.6 is 0 Å². The number of nitrogens with two attached hydrogens (primary N) is 1. The Balaban J connectivity index is 2.38. The number of benzene rings is 2. The van der Waals surface area contributed by atoms with Crippen molar-refractivity contribution in [3.63, 3.8) is 0 Å². The SMILES string of the molecule is COc1cc(C(=O)N/C(=C\c2ccccc2)C(=O)NN)cc(OC)c1OC. The van der Waals surface area contributed by atoms with Gasteiger partial charge in [-0.25, -0.2) is 5.84 Å². The maximum Gasteiger partial charge on any atom is 0.281 e. The molecule has 8 heteroatoms. The van der Waals surface area contributed by atoms with Crippen molar-refractivity contribution in [1.82, 2.24) is 10.7 Å². The number of methoxy groups -OCH3 is 3. The largest absolute Gasteiger partial charge is 0.493 e. The van der Waals surface area contributed by atoms with Gasteiger partial charge in [0.25, 0.3) is 11.8 Å². The van der Waals surface area contributed by atoms with E-state index in [0.29, 0.717) is 17.2 Å². The third-order valence-corrected chi connectivity index (χ3v) is 3.66. The van der Waals surface area contributed by atoms with Crippen LogP contribution in [0, 0.1) is 0 Å². The Kier molecular flexibility index (Phi) is 6.79. The minimum absolute atomic E-state index is 0.0116. The number of amides is 2. The summed E-state index contributed by atoms with van der Waals surface area (Å²) in [5.74, 6) is 5.04. The predicted octanol–water partition coefficient (Wildman–Crippen LogP) is 1.47. The van der Waals surface area contributed by atoms with Gasteiger partial charge in [0, 0.05) is 5.56 Å². The van der Waals surface area contributed by atoms with Crippen molar-refractivity contribution in [3.05, 3.63) is 59.3 Å². The average Bonchev–Trinajstić information content (AvgIpc) is 2.71. The number of hydrogen-bond acceptors (Lipinski definition) is 6. The van der Waals surface area contributed by atoms with Gasteiger partial charge >= 0.3 is 0 Å². The minimum atomic E-state index is -0.639. The van der Waals surface area contributed by atoms with Gasteiger partial charge in [-0.1, -0.05) is 30.3 Å². The topological polar surface area (TPSA) is 112 Å². The van der Waals surface area contributed by atoms with E-state index >= 15 is 0 Å². The molecule has 0 aromatic heterocycles. The molecule has 0 fully saturated rings. The zero-order chi connectivity index (χ0) is 19.8. The molecular weight excluding hydrogens is 350 g/mol. The number of hydrogen-bond donors (Lipinski definition) is 3. The van der Waals surface area contributed by atoms with Gasteiger partial charge in [-0.15, -0.1) is 0 Å². The van der Waals surface area contributed by atoms with Crippen LogP contribution in [-0.4, -0.2) is 33.1 Å². The van der Waals surface area contributed by atoms with Gasteiger partial charge in [-0.05, 0) is 23.8 Å². The van der Waals surface area contributed by atoms with Crippen molar-refractivity contribution in [1.29, 1.82) is 0 Å². The van der Waals surface area contributed by atoms with Crippen LogP contribution in [0.1, 0.15) is 15.9 Å². The standard InChI is InChI=1S/C19H21N3O5/c1-25-15-10-13(11-16(26-2)17(15)27-3)18(23)21-14(19(24)22-20)9-12-7-5-4-6-8-12/h4-11H,20H2,1-3H3,(H,21,23)(H,22,24)/b14-9-. The van der Waals surface area contributed by atoms with Gasteiger partial charge in [-0.2, -0.15) is 0 Å². The van der Waals surface area contributed by atoms with Crippen LogP contribution in [0.25, 0.3) is 6.08 Å². The lowest BCUT2D eigenvalue weighted by Crippen LogP contribution is -2.38. The number of nitrogens with one attached hydrogen (secondary N) is 2. The first-order valence-corrected chi connectivity index (χ1v) is 7.93. The van der Waals surface area contributed by atoms with Gasteiger partial charge < -0.3 is 19.5 Å². The van der Waals surface area contributed by atoms with Crippen LogP contribution in [0.15, 0.2) is 48.2 Å². The van der Waals surface area contributed by atoms with Gasteiger partial charge in [0.05, 0.1) is 21.3 Å². The third-order valence-electron chi connectivity index (χ3n) is 3.66. The molecule has 0 saturated heterocycles. The lowest BCUT2D eigenvalue weighted by atomic mass is 10.1. The van der Waals surface area contributed by atoms with Crippen LogP contribution < -0.4 is 30.8 Å². The Morgan fingerprint density at radius 3 is 2.04 bits per heavy atom. The summed E-state index contributed by atoms with van der Waals surface area (Å²) in [6.07, 6.45) is 1.51. The molecule has 0 aliphatic carbocycles. The lowest BCUT2D eigenvalue weighted by Gasteiger charge is -2.14. The Morgan fingerprint density at radius 1 is 0.963 bits per heavy atom. The quantitative estimate of drug-likeness (QED) is 0.294. The van der Waals surface area contributed by atoms with Crippen molar-refractivity contribution in [3.8, 4) is 17.2 Å². The van der Waals surface area contributed by atoms with Gasteiger partial charge in [0.1, 0.15) is 5.70 Å². The Bertz CT molecular complexity index is 825. The molecule has 0 saturated carbocycles. The van der Waals surface area contributed by atoms with E-state index in [9.17, 15) is 9.59 Å². The van der Waals surface area contributed by atoms with E-state index < -0.39 is 11.8 Å². The molecule has 2 rings (SSSR count). The minimum Gasteiger partial charge on any atom is -0.493 e. The first kappa shape index (κ1) is 19.8. The zero-order valence-electron chi connectivity index (χ0n) is 15.2. The summed E-state index contributed by atoms with van der Waals surface area (Å²) in [5.41, 5.74) is 2.94. The predicted molar refractivity (Wildman–Crippen MR) is 100 cm³/mol. The maximum atomic E-state index is 12.7. The molecule has 27 heavy (non-hydrogen) atoms. The van der Waals surface area contributed by atoms with Crippen molar-refractivity contribution in [2.45, 2.75) is 0 Å². The fourth-order valence-electron chi connectivity index (χ4n) is 2.36. The maximum absolute atomic E-state index is 12.7. The molecular formula is C19H21N3O5. The van der Waals surface area contributed by atoms with Crippen LogP contribution in [0.3, 0.4) is 0 Å². The normalized spacial score (nSPS) is 10.7. The smallest absolute Gasteiger partial charge is 0.281 e. The van der Waals surface area contributed by atoms with Crippen LogP contribution in [0.5, 0.6) is 17.2 Å². The summed E-state index contributed by atoms with van der Waals surface area (Å²) in [6.45, 7) is 0. The van der Waals surface area contributed by atoms with E-state index in [-0.39, 0.29) is 11.3 Å². The first-order chi connectivity index (χ1) is 13.0. The second kappa shape index (κ2) is 9.25. The van der Waals surface area contributed by atoms with Crippen LogP contribution in [0.4, 0.5) is 0 Å². The van der Waals surface area contributed by atoms with Crippen molar-refractivity contribution < 1.29 is 23.8 Å². The molecule has 2 aromatic carbocycles. The highest BCUT2D eigenvalue weighted by atomic mass is 16.5. The molecule has 4 N–H and O–H groups in total. The molecule has 0 atom stereocenters. The number of hydrazine groups is 1. The van der Waals surface area contributed by atoms with E-state index in [1.54, 1.807) is 12.1 Å². The molecule has 0 spiro atoms. The third kappa shape index (κ3) is 4.77. The van der Waals surface area contributed by atoms with E-state index in [1.165, 1.54) is 39.5 Å². The number of carbonyl (C=O) groups is 2. The Labute approximate surface area is 156 Å². The molecule has 142 valence electrons. The summed E-state index contributed by atoms with van der Waals surface area (Å²) in [7, 11) is 4.36.